The number of carbonyl (C=O) groups is 2. The normalized spacial score (nSPS) is 13.2. The molecule has 0 spiro atoms. The van der Waals surface area contributed by atoms with Crippen molar-refractivity contribution in [1.29, 1.82) is 0 Å². The summed E-state index contributed by atoms with van der Waals surface area (Å²) in [5.41, 5.74) is 6.58. The molecule has 0 fully saturated rings. The fourth-order valence-electron chi connectivity index (χ4n) is 4.29. The third kappa shape index (κ3) is 4.61. The van der Waals surface area contributed by atoms with Crippen LogP contribution in [0, 0.1) is 6.92 Å². The van der Waals surface area contributed by atoms with Gasteiger partial charge in [-0.15, -0.1) is 0 Å². The molecule has 5 heteroatoms. The Labute approximate surface area is 181 Å². The Bertz CT molecular complexity index is 1060. The van der Waals surface area contributed by atoms with E-state index < -0.39 is 18.1 Å². The van der Waals surface area contributed by atoms with Crippen LogP contribution in [0.25, 0.3) is 11.1 Å². The third-order valence-electron chi connectivity index (χ3n) is 5.81. The van der Waals surface area contributed by atoms with E-state index in [2.05, 4.69) is 29.6 Å². The quantitative estimate of drug-likeness (QED) is 0.641. The average Bonchev–Trinajstić information content (AvgIpc) is 3.07. The first kappa shape index (κ1) is 20.7. The Balaban J connectivity index is 1.44. The zero-order valence-corrected chi connectivity index (χ0v) is 17.3. The number of aliphatic carboxylic acids is 1. The fraction of sp³-hybridized carbons (Fsp3) is 0.231. The molecule has 4 rings (SSSR count). The molecule has 1 aliphatic carbocycles. The number of alkyl carbamates (subject to hydrolysis) is 1. The van der Waals surface area contributed by atoms with Gasteiger partial charge in [0.15, 0.2) is 0 Å². The minimum absolute atomic E-state index is 0.0471. The van der Waals surface area contributed by atoms with E-state index in [1.54, 1.807) is 0 Å². The molecule has 0 saturated carbocycles. The number of ether oxygens (including phenoxy) is 1. The molecule has 0 radical (unpaired) electrons. The van der Waals surface area contributed by atoms with Crippen LogP contribution in [0.4, 0.5) is 4.79 Å². The number of aryl methyl sites for hydroxylation is 1. The number of hydrogen-bond donors (Lipinski definition) is 1. The van der Waals surface area contributed by atoms with Crippen LogP contribution >= 0.6 is 0 Å². The molecule has 0 unspecified atom stereocenters. The van der Waals surface area contributed by atoms with Crippen LogP contribution in [-0.4, -0.2) is 24.7 Å². The first-order valence-electron chi connectivity index (χ1n) is 10.4. The molecule has 1 N–H and O–H groups in total. The van der Waals surface area contributed by atoms with E-state index >= 15 is 0 Å². The van der Waals surface area contributed by atoms with Gasteiger partial charge in [-0.25, -0.2) is 4.79 Å². The van der Waals surface area contributed by atoms with E-state index in [9.17, 15) is 14.7 Å². The first-order chi connectivity index (χ1) is 15.0. The standard InChI is InChI=1S/C26H25NO4/c1-17-8-2-3-9-18(17)14-19(15-25(28)29)27-26(30)31-16-24-22-12-6-4-10-20(22)21-11-5-7-13-23(21)24/h2-13,19,24H,14-16H2,1H3,(H,27,30)(H,28,29)/p-1/t19-/m1/s1. The van der Waals surface area contributed by atoms with Gasteiger partial charge >= 0.3 is 6.09 Å². The summed E-state index contributed by atoms with van der Waals surface area (Å²) in [5, 5.41) is 13.9. The van der Waals surface area contributed by atoms with Gasteiger partial charge in [0.05, 0.1) is 0 Å². The topological polar surface area (TPSA) is 78.5 Å². The van der Waals surface area contributed by atoms with Crippen molar-refractivity contribution in [2.45, 2.75) is 31.7 Å². The fourth-order valence-corrected chi connectivity index (χ4v) is 4.29. The lowest BCUT2D eigenvalue weighted by atomic mass is 9.98. The summed E-state index contributed by atoms with van der Waals surface area (Å²) in [6, 6.07) is 23.3. The molecule has 3 aromatic carbocycles. The summed E-state index contributed by atoms with van der Waals surface area (Å²) in [4.78, 5) is 23.7. The van der Waals surface area contributed by atoms with Crippen LogP contribution in [0.15, 0.2) is 72.8 Å². The Hall–Kier alpha value is -3.60. The lowest BCUT2D eigenvalue weighted by Crippen LogP contribution is -2.41. The van der Waals surface area contributed by atoms with Crippen LogP contribution in [0.5, 0.6) is 0 Å². The number of hydrogen-bond acceptors (Lipinski definition) is 4. The SMILES string of the molecule is Cc1ccccc1C[C@H](CC(=O)[O-])NC(=O)OCC1c2ccccc2-c2ccccc21. The van der Waals surface area contributed by atoms with Crippen molar-refractivity contribution in [3.8, 4) is 11.1 Å². The van der Waals surface area contributed by atoms with Crippen LogP contribution in [0.2, 0.25) is 0 Å². The minimum Gasteiger partial charge on any atom is -0.550 e. The average molecular weight is 414 g/mol. The number of benzene rings is 3. The summed E-state index contributed by atoms with van der Waals surface area (Å²) in [6.45, 7) is 2.14. The second-order valence-corrected chi connectivity index (χ2v) is 7.87. The lowest BCUT2D eigenvalue weighted by molar-refractivity contribution is -0.306. The molecule has 158 valence electrons. The Morgan fingerprint density at radius 3 is 2.13 bits per heavy atom. The maximum absolute atomic E-state index is 12.5. The van der Waals surface area contributed by atoms with Crippen molar-refractivity contribution in [1.82, 2.24) is 5.32 Å². The Morgan fingerprint density at radius 1 is 0.935 bits per heavy atom. The Kier molecular flexibility index (Phi) is 6.03. The van der Waals surface area contributed by atoms with Gasteiger partial charge in [-0.1, -0.05) is 72.8 Å². The van der Waals surface area contributed by atoms with Gasteiger partial charge in [-0.2, -0.15) is 0 Å². The van der Waals surface area contributed by atoms with Crippen molar-refractivity contribution in [3.63, 3.8) is 0 Å². The number of fused-ring (bicyclic) bond motifs is 3. The van der Waals surface area contributed by atoms with Crippen LogP contribution in [-0.2, 0) is 16.0 Å². The second kappa shape index (κ2) is 9.04. The number of carboxylic acid groups (broad SMARTS) is 1. The highest BCUT2D eigenvalue weighted by Crippen LogP contribution is 2.44. The lowest BCUT2D eigenvalue weighted by Gasteiger charge is -2.21. The zero-order valence-electron chi connectivity index (χ0n) is 17.3. The van der Waals surface area contributed by atoms with Gasteiger partial charge in [-0.05, 0) is 46.7 Å². The summed E-state index contributed by atoms with van der Waals surface area (Å²) < 4.78 is 5.56. The van der Waals surface area contributed by atoms with E-state index in [0.29, 0.717) is 6.42 Å². The van der Waals surface area contributed by atoms with E-state index in [0.717, 1.165) is 33.4 Å². The smallest absolute Gasteiger partial charge is 0.407 e. The van der Waals surface area contributed by atoms with E-state index in [1.165, 1.54) is 0 Å². The molecule has 31 heavy (non-hydrogen) atoms. The molecule has 0 aromatic heterocycles. The van der Waals surface area contributed by atoms with Crippen molar-refractivity contribution < 1.29 is 19.4 Å². The van der Waals surface area contributed by atoms with Gasteiger partial charge in [-0.3, -0.25) is 0 Å². The molecule has 3 aromatic rings. The largest absolute Gasteiger partial charge is 0.550 e. The number of carbonyl (C=O) groups excluding carboxylic acids is 2. The van der Waals surface area contributed by atoms with Crippen molar-refractivity contribution in [3.05, 3.63) is 95.1 Å². The van der Waals surface area contributed by atoms with Gasteiger partial charge in [0.2, 0.25) is 0 Å². The van der Waals surface area contributed by atoms with Crippen molar-refractivity contribution in [2.24, 2.45) is 0 Å². The number of rotatable bonds is 7. The molecule has 0 saturated heterocycles. The number of amides is 1. The molecule has 0 bridgehead atoms. The molecule has 1 aliphatic rings. The summed E-state index contributed by atoms with van der Waals surface area (Å²) in [5.74, 6) is -1.26. The molecule has 0 heterocycles. The Morgan fingerprint density at radius 2 is 1.52 bits per heavy atom. The van der Waals surface area contributed by atoms with Crippen LogP contribution < -0.4 is 10.4 Å². The first-order valence-corrected chi connectivity index (χ1v) is 10.4. The van der Waals surface area contributed by atoms with Gasteiger partial charge in [0, 0.05) is 24.3 Å². The summed E-state index contributed by atoms with van der Waals surface area (Å²) in [6.07, 6.45) is -0.509. The van der Waals surface area contributed by atoms with Crippen molar-refractivity contribution >= 4 is 12.1 Å². The highest BCUT2D eigenvalue weighted by Gasteiger charge is 2.29. The highest BCUT2D eigenvalue weighted by atomic mass is 16.5. The van der Waals surface area contributed by atoms with Gasteiger partial charge < -0.3 is 20.0 Å². The predicted octanol–water partition coefficient (Wildman–Crippen LogP) is 3.58. The minimum atomic E-state index is -1.21. The highest BCUT2D eigenvalue weighted by molar-refractivity contribution is 5.79. The maximum atomic E-state index is 12.5. The van der Waals surface area contributed by atoms with Gasteiger partial charge in [0.1, 0.15) is 6.61 Å². The number of carboxylic acids is 1. The third-order valence-corrected chi connectivity index (χ3v) is 5.81. The van der Waals surface area contributed by atoms with E-state index in [4.69, 9.17) is 4.74 Å². The molecule has 5 nitrogen and oxygen atoms in total. The maximum Gasteiger partial charge on any atom is 0.407 e. The van der Waals surface area contributed by atoms with E-state index in [-0.39, 0.29) is 18.9 Å². The predicted molar refractivity (Wildman–Crippen MR) is 116 cm³/mol. The van der Waals surface area contributed by atoms with Crippen molar-refractivity contribution in [2.75, 3.05) is 6.61 Å². The zero-order chi connectivity index (χ0) is 21.8. The second-order valence-electron chi connectivity index (χ2n) is 7.87. The van der Waals surface area contributed by atoms with Gasteiger partial charge in [0.25, 0.3) is 0 Å². The molecule has 1 atom stereocenters. The number of nitrogens with one attached hydrogen (secondary N) is 1. The summed E-state index contributed by atoms with van der Waals surface area (Å²) in [7, 11) is 0. The molecular weight excluding hydrogens is 390 g/mol. The van der Waals surface area contributed by atoms with E-state index in [1.807, 2.05) is 55.5 Å². The molecule has 0 aliphatic heterocycles. The van der Waals surface area contributed by atoms with Crippen LogP contribution in [0.3, 0.4) is 0 Å². The van der Waals surface area contributed by atoms with Crippen LogP contribution in [0.1, 0.15) is 34.6 Å². The molecular formula is C26H24NO4-. The monoisotopic (exact) mass is 414 g/mol. The molecule has 1 amide bonds. The summed E-state index contributed by atoms with van der Waals surface area (Å²) >= 11 is 0.